The van der Waals surface area contributed by atoms with E-state index in [1.165, 1.54) is 0 Å². The van der Waals surface area contributed by atoms with Gasteiger partial charge in [-0.05, 0) is 52.8 Å². The summed E-state index contributed by atoms with van der Waals surface area (Å²) >= 11 is 0. The molecule has 1 aliphatic heterocycles. The van der Waals surface area contributed by atoms with Crippen LogP contribution in [-0.4, -0.2) is 17.7 Å². The number of benzene rings is 2. The van der Waals surface area contributed by atoms with Crippen LogP contribution < -0.4 is 9.47 Å². The molecule has 1 N–H and O–H groups in total. The van der Waals surface area contributed by atoms with Gasteiger partial charge in [-0.3, -0.25) is 4.79 Å². The lowest BCUT2D eigenvalue weighted by atomic mass is 9.81. The maximum absolute atomic E-state index is 12.2. The van der Waals surface area contributed by atoms with Crippen molar-refractivity contribution in [2.75, 3.05) is 6.79 Å². The standard InChI is InChI=1S/C20H18O4/c21-11-13-1-3-14(4-2-13)16-7-17(9-18(22)8-16)15-5-6-19-20(10-15)24-12-23-19/h1-6,8,10,17,21H,7,9,11-12H2/t17-/m1/s1. The summed E-state index contributed by atoms with van der Waals surface area (Å²) in [6.07, 6.45) is 3.07. The topological polar surface area (TPSA) is 55.8 Å². The Labute approximate surface area is 140 Å². The summed E-state index contributed by atoms with van der Waals surface area (Å²) in [6, 6.07) is 13.6. The summed E-state index contributed by atoms with van der Waals surface area (Å²) < 4.78 is 10.8. The van der Waals surface area contributed by atoms with E-state index in [2.05, 4.69) is 0 Å². The maximum atomic E-state index is 12.2. The molecule has 0 aromatic heterocycles. The fraction of sp³-hybridized carbons (Fsp3) is 0.250. The first-order valence-electron chi connectivity index (χ1n) is 8.06. The summed E-state index contributed by atoms with van der Waals surface area (Å²) in [7, 11) is 0. The lowest BCUT2D eigenvalue weighted by molar-refractivity contribution is -0.115. The molecule has 122 valence electrons. The minimum absolute atomic E-state index is 0.0259. The molecule has 0 radical (unpaired) electrons. The molecule has 0 saturated heterocycles. The largest absolute Gasteiger partial charge is 0.454 e. The molecule has 2 aromatic carbocycles. The highest BCUT2D eigenvalue weighted by Crippen LogP contribution is 2.40. The Morgan fingerprint density at radius 3 is 2.58 bits per heavy atom. The van der Waals surface area contributed by atoms with Crippen molar-refractivity contribution in [3.8, 4) is 11.5 Å². The number of ether oxygens (including phenoxy) is 2. The second-order valence-corrected chi connectivity index (χ2v) is 6.21. The molecular weight excluding hydrogens is 304 g/mol. The highest BCUT2D eigenvalue weighted by Gasteiger charge is 2.25. The zero-order valence-electron chi connectivity index (χ0n) is 13.2. The van der Waals surface area contributed by atoms with Gasteiger partial charge in [-0.15, -0.1) is 0 Å². The van der Waals surface area contributed by atoms with Crippen LogP contribution in [0.1, 0.15) is 35.4 Å². The molecule has 1 atom stereocenters. The van der Waals surface area contributed by atoms with Crippen molar-refractivity contribution in [3.63, 3.8) is 0 Å². The Kier molecular flexibility index (Phi) is 3.82. The van der Waals surface area contributed by atoms with Crippen molar-refractivity contribution in [3.05, 3.63) is 65.2 Å². The molecule has 1 aliphatic carbocycles. The van der Waals surface area contributed by atoms with Crippen LogP contribution in [0.25, 0.3) is 5.57 Å². The third-order valence-corrected chi connectivity index (χ3v) is 4.62. The van der Waals surface area contributed by atoms with Crippen LogP contribution >= 0.6 is 0 Å². The van der Waals surface area contributed by atoms with Gasteiger partial charge >= 0.3 is 0 Å². The lowest BCUT2D eigenvalue weighted by Crippen LogP contribution is -2.12. The van der Waals surface area contributed by atoms with Gasteiger partial charge < -0.3 is 14.6 Å². The quantitative estimate of drug-likeness (QED) is 0.940. The molecule has 0 saturated carbocycles. The van der Waals surface area contributed by atoms with Gasteiger partial charge in [0.05, 0.1) is 6.61 Å². The first kappa shape index (κ1) is 15.0. The minimum Gasteiger partial charge on any atom is -0.454 e. The maximum Gasteiger partial charge on any atom is 0.231 e. The van der Waals surface area contributed by atoms with Crippen molar-refractivity contribution in [1.82, 2.24) is 0 Å². The summed E-state index contributed by atoms with van der Waals surface area (Å²) in [5, 5.41) is 9.16. The van der Waals surface area contributed by atoms with Gasteiger partial charge in [0.15, 0.2) is 17.3 Å². The van der Waals surface area contributed by atoms with E-state index in [4.69, 9.17) is 14.6 Å². The molecule has 0 amide bonds. The van der Waals surface area contributed by atoms with E-state index in [0.29, 0.717) is 6.42 Å². The second kappa shape index (κ2) is 6.13. The molecule has 0 bridgehead atoms. The third-order valence-electron chi connectivity index (χ3n) is 4.62. The second-order valence-electron chi connectivity index (χ2n) is 6.21. The first-order valence-corrected chi connectivity index (χ1v) is 8.06. The van der Waals surface area contributed by atoms with E-state index >= 15 is 0 Å². The van der Waals surface area contributed by atoms with Gasteiger partial charge in [-0.2, -0.15) is 0 Å². The van der Waals surface area contributed by atoms with Crippen molar-refractivity contribution < 1.29 is 19.4 Å². The van der Waals surface area contributed by atoms with Crippen LogP contribution in [0.5, 0.6) is 11.5 Å². The van der Waals surface area contributed by atoms with Gasteiger partial charge in [0.2, 0.25) is 6.79 Å². The molecule has 0 spiro atoms. The van der Waals surface area contributed by atoms with Crippen molar-refractivity contribution in [2.24, 2.45) is 0 Å². The Morgan fingerprint density at radius 2 is 1.79 bits per heavy atom. The molecular formula is C20H18O4. The number of carbonyl (C=O) groups excluding carboxylic acids is 1. The van der Waals surface area contributed by atoms with Crippen LogP contribution in [0.4, 0.5) is 0 Å². The number of carbonyl (C=O) groups is 1. The van der Waals surface area contributed by atoms with E-state index in [-0.39, 0.29) is 25.1 Å². The normalized spacial score (nSPS) is 19.3. The Morgan fingerprint density at radius 1 is 1.00 bits per heavy atom. The summed E-state index contributed by atoms with van der Waals surface area (Å²) in [5.41, 5.74) is 4.04. The molecule has 4 nitrogen and oxygen atoms in total. The molecule has 0 fully saturated rings. The Hall–Kier alpha value is -2.59. The first-order chi connectivity index (χ1) is 11.7. The fourth-order valence-corrected chi connectivity index (χ4v) is 3.32. The number of hydrogen-bond donors (Lipinski definition) is 1. The summed E-state index contributed by atoms with van der Waals surface area (Å²) in [5.74, 6) is 1.80. The predicted octanol–water partition coefficient (Wildman–Crippen LogP) is 3.44. The molecule has 0 unspecified atom stereocenters. The average Bonchev–Trinajstić information content (AvgIpc) is 3.09. The number of aliphatic hydroxyl groups is 1. The highest BCUT2D eigenvalue weighted by molar-refractivity contribution is 5.99. The minimum atomic E-state index is 0.0259. The van der Waals surface area contributed by atoms with E-state index in [1.807, 2.05) is 42.5 Å². The number of rotatable bonds is 3. The van der Waals surface area contributed by atoms with Gasteiger partial charge in [-0.1, -0.05) is 30.3 Å². The van der Waals surface area contributed by atoms with Crippen LogP contribution in [0.3, 0.4) is 0 Å². The summed E-state index contributed by atoms with van der Waals surface area (Å²) in [6.45, 7) is 0.281. The molecule has 2 aliphatic rings. The fourth-order valence-electron chi connectivity index (χ4n) is 3.32. The molecule has 2 aromatic rings. The Balaban J connectivity index is 1.60. The van der Waals surface area contributed by atoms with Gasteiger partial charge in [0.1, 0.15) is 0 Å². The van der Waals surface area contributed by atoms with Crippen LogP contribution in [0.2, 0.25) is 0 Å². The number of fused-ring (bicyclic) bond motifs is 1. The SMILES string of the molecule is O=C1C=C(c2ccc(CO)cc2)C[C@@H](c2ccc3c(c2)OCO3)C1. The molecule has 4 rings (SSSR count). The van der Waals surface area contributed by atoms with Gasteiger partial charge in [0.25, 0.3) is 0 Å². The number of allylic oxidation sites excluding steroid dienone is 2. The highest BCUT2D eigenvalue weighted by atomic mass is 16.7. The predicted molar refractivity (Wildman–Crippen MR) is 89.9 cm³/mol. The van der Waals surface area contributed by atoms with Crippen molar-refractivity contribution in [1.29, 1.82) is 0 Å². The van der Waals surface area contributed by atoms with Crippen LogP contribution in [0, 0.1) is 0 Å². The van der Waals surface area contributed by atoms with Gasteiger partial charge in [0, 0.05) is 6.42 Å². The number of aliphatic hydroxyl groups excluding tert-OH is 1. The lowest BCUT2D eigenvalue weighted by Gasteiger charge is -2.23. The van der Waals surface area contributed by atoms with E-state index in [1.54, 1.807) is 6.08 Å². The van der Waals surface area contributed by atoms with Crippen LogP contribution in [-0.2, 0) is 11.4 Å². The zero-order chi connectivity index (χ0) is 16.5. The number of ketones is 1. The molecule has 1 heterocycles. The summed E-state index contributed by atoms with van der Waals surface area (Å²) in [4.78, 5) is 12.2. The van der Waals surface area contributed by atoms with E-state index < -0.39 is 0 Å². The zero-order valence-corrected chi connectivity index (χ0v) is 13.2. The number of hydrogen-bond acceptors (Lipinski definition) is 4. The van der Waals surface area contributed by atoms with Crippen molar-refractivity contribution >= 4 is 11.4 Å². The van der Waals surface area contributed by atoms with E-state index in [9.17, 15) is 4.79 Å². The molecule has 4 heteroatoms. The van der Waals surface area contributed by atoms with E-state index in [0.717, 1.165) is 40.2 Å². The average molecular weight is 322 g/mol. The van der Waals surface area contributed by atoms with Gasteiger partial charge in [-0.25, -0.2) is 0 Å². The smallest absolute Gasteiger partial charge is 0.231 e. The monoisotopic (exact) mass is 322 g/mol. The van der Waals surface area contributed by atoms with Crippen LogP contribution in [0.15, 0.2) is 48.5 Å². The third kappa shape index (κ3) is 2.81. The Bertz CT molecular complexity index is 805. The molecule has 24 heavy (non-hydrogen) atoms. The van der Waals surface area contributed by atoms with Crippen molar-refractivity contribution in [2.45, 2.75) is 25.4 Å².